The van der Waals surface area contributed by atoms with Crippen LogP contribution >= 0.6 is 23.1 Å². The molecule has 18 heavy (non-hydrogen) atoms. The summed E-state index contributed by atoms with van der Waals surface area (Å²) in [5, 5.41) is 6.53. The van der Waals surface area contributed by atoms with Gasteiger partial charge in [-0.15, -0.1) is 11.3 Å². The molecule has 1 fully saturated rings. The predicted octanol–water partition coefficient (Wildman–Crippen LogP) is 2.72. The average Bonchev–Trinajstić information content (AvgIpc) is 2.90. The maximum absolute atomic E-state index is 12.8. The van der Waals surface area contributed by atoms with Crippen LogP contribution in [-0.2, 0) is 0 Å². The van der Waals surface area contributed by atoms with E-state index in [1.807, 2.05) is 17.1 Å². The van der Waals surface area contributed by atoms with Crippen LogP contribution in [0.1, 0.15) is 11.0 Å². The topological polar surface area (TPSA) is 37.8 Å². The highest BCUT2D eigenvalue weighted by molar-refractivity contribution is 7.99. The number of nitrogens with one attached hydrogen (secondary N) is 1. The summed E-state index contributed by atoms with van der Waals surface area (Å²) < 4.78 is 12.8. The molecule has 0 spiro atoms. The van der Waals surface area contributed by atoms with Crippen molar-refractivity contribution >= 4 is 23.1 Å². The third-order valence-corrected chi connectivity index (χ3v) is 4.75. The molecule has 0 saturated carbocycles. The molecule has 2 aromatic heterocycles. The zero-order chi connectivity index (χ0) is 12.4. The van der Waals surface area contributed by atoms with Crippen LogP contribution in [0.2, 0.25) is 0 Å². The van der Waals surface area contributed by atoms with Gasteiger partial charge in [0.15, 0.2) is 0 Å². The molecule has 1 atom stereocenters. The predicted molar refractivity (Wildman–Crippen MR) is 73.4 cm³/mol. The van der Waals surface area contributed by atoms with Gasteiger partial charge in [0, 0.05) is 23.4 Å². The van der Waals surface area contributed by atoms with E-state index in [4.69, 9.17) is 0 Å². The first kappa shape index (κ1) is 12.1. The molecule has 0 amide bonds. The molecule has 1 aliphatic heterocycles. The Balaban J connectivity index is 1.82. The Hall–Kier alpha value is -0.980. The van der Waals surface area contributed by atoms with Gasteiger partial charge >= 0.3 is 0 Å². The van der Waals surface area contributed by atoms with Crippen LogP contribution in [0.5, 0.6) is 0 Å². The van der Waals surface area contributed by atoms with E-state index in [9.17, 15) is 4.39 Å². The molecule has 1 saturated heterocycles. The second-order valence-corrected chi connectivity index (χ2v) is 6.05. The van der Waals surface area contributed by atoms with Crippen LogP contribution in [0.15, 0.2) is 23.7 Å². The Morgan fingerprint density at radius 3 is 3.00 bits per heavy atom. The number of rotatable bonds is 2. The lowest BCUT2D eigenvalue weighted by atomic mass is 10.3. The molecule has 0 aromatic carbocycles. The maximum Gasteiger partial charge on any atom is 0.141 e. The summed E-state index contributed by atoms with van der Waals surface area (Å²) >= 11 is 3.58. The lowest BCUT2D eigenvalue weighted by Gasteiger charge is -2.20. The third-order valence-electron chi connectivity index (χ3n) is 2.73. The molecular weight excluding hydrogens is 269 g/mol. The van der Waals surface area contributed by atoms with Crippen LogP contribution in [-0.4, -0.2) is 28.0 Å². The van der Waals surface area contributed by atoms with Crippen molar-refractivity contribution in [3.8, 4) is 11.4 Å². The van der Waals surface area contributed by atoms with Crippen LogP contribution in [0.3, 0.4) is 0 Å². The van der Waals surface area contributed by atoms with Gasteiger partial charge in [-0.2, -0.15) is 11.8 Å². The minimum atomic E-state index is -0.320. The maximum atomic E-state index is 12.8. The van der Waals surface area contributed by atoms with Gasteiger partial charge in [-0.25, -0.2) is 9.37 Å². The number of pyridine rings is 1. The molecule has 1 N–H and O–H groups in total. The van der Waals surface area contributed by atoms with E-state index in [-0.39, 0.29) is 5.82 Å². The molecule has 2 aromatic rings. The molecule has 6 heteroatoms. The highest BCUT2D eigenvalue weighted by Gasteiger charge is 2.18. The van der Waals surface area contributed by atoms with E-state index in [0.29, 0.717) is 6.04 Å². The van der Waals surface area contributed by atoms with E-state index in [2.05, 4.69) is 15.3 Å². The molecule has 0 aliphatic carbocycles. The minimum absolute atomic E-state index is 0.320. The number of hydrogen-bond donors (Lipinski definition) is 1. The average molecular weight is 281 g/mol. The SMILES string of the molecule is Fc1ccc(-c2csc(C3CSCCN3)n2)nc1. The highest BCUT2D eigenvalue weighted by Crippen LogP contribution is 2.27. The monoisotopic (exact) mass is 281 g/mol. The summed E-state index contributed by atoms with van der Waals surface area (Å²) in [4.78, 5) is 8.64. The zero-order valence-corrected chi connectivity index (χ0v) is 11.2. The first-order chi connectivity index (χ1) is 8.83. The fraction of sp³-hybridized carbons (Fsp3) is 0.333. The summed E-state index contributed by atoms with van der Waals surface area (Å²) in [6.07, 6.45) is 1.23. The van der Waals surface area contributed by atoms with Gasteiger partial charge < -0.3 is 5.32 Å². The molecule has 0 radical (unpaired) electrons. The number of hydrogen-bond acceptors (Lipinski definition) is 5. The number of thiazole rings is 1. The van der Waals surface area contributed by atoms with E-state index >= 15 is 0 Å². The Labute approximate surface area is 113 Å². The van der Waals surface area contributed by atoms with Gasteiger partial charge in [-0.1, -0.05) is 0 Å². The third kappa shape index (κ3) is 2.55. The highest BCUT2D eigenvalue weighted by atomic mass is 32.2. The lowest BCUT2D eigenvalue weighted by Crippen LogP contribution is -2.30. The minimum Gasteiger partial charge on any atom is -0.306 e. The summed E-state index contributed by atoms with van der Waals surface area (Å²) in [6.45, 7) is 1.03. The standard InChI is InChI=1S/C12H12FN3S2/c13-8-1-2-9(15-5-8)10-7-18-12(16-10)11-6-17-4-3-14-11/h1-2,5,7,11,14H,3-4,6H2. The number of nitrogens with zero attached hydrogens (tertiary/aromatic N) is 2. The molecule has 3 nitrogen and oxygen atoms in total. The van der Waals surface area contributed by atoms with Crippen molar-refractivity contribution in [1.29, 1.82) is 0 Å². The van der Waals surface area contributed by atoms with E-state index in [1.54, 1.807) is 17.4 Å². The van der Waals surface area contributed by atoms with E-state index in [0.717, 1.165) is 34.4 Å². The Morgan fingerprint density at radius 1 is 1.33 bits per heavy atom. The number of thioether (sulfide) groups is 1. The van der Waals surface area contributed by atoms with Crippen molar-refractivity contribution in [2.24, 2.45) is 0 Å². The van der Waals surface area contributed by atoms with Crippen LogP contribution in [0.25, 0.3) is 11.4 Å². The smallest absolute Gasteiger partial charge is 0.141 e. The summed E-state index contributed by atoms with van der Waals surface area (Å²) in [5.41, 5.74) is 1.55. The lowest BCUT2D eigenvalue weighted by molar-refractivity contribution is 0.592. The molecular formula is C12H12FN3S2. The number of halogens is 1. The Morgan fingerprint density at radius 2 is 2.28 bits per heavy atom. The first-order valence-corrected chi connectivity index (χ1v) is 7.75. The largest absolute Gasteiger partial charge is 0.306 e. The van der Waals surface area contributed by atoms with Gasteiger partial charge in [-0.05, 0) is 12.1 Å². The number of aromatic nitrogens is 2. The molecule has 1 unspecified atom stereocenters. The quantitative estimate of drug-likeness (QED) is 0.918. The summed E-state index contributed by atoms with van der Waals surface area (Å²) in [7, 11) is 0. The fourth-order valence-corrected chi connectivity index (χ4v) is 3.75. The summed E-state index contributed by atoms with van der Waals surface area (Å²) in [5.74, 6) is 1.90. The van der Waals surface area contributed by atoms with E-state index < -0.39 is 0 Å². The van der Waals surface area contributed by atoms with Crippen molar-refractivity contribution in [3.05, 3.63) is 34.5 Å². The van der Waals surface area contributed by atoms with Crippen molar-refractivity contribution in [3.63, 3.8) is 0 Å². The molecule has 3 heterocycles. The van der Waals surface area contributed by atoms with Crippen molar-refractivity contribution in [1.82, 2.24) is 15.3 Å². The van der Waals surface area contributed by atoms with E-state index in [1.165, 1.54) is 12.3 Å². The van der Waals surface area contributed by atoms with Gasteiger partial charge in [-0.3, -0.25) is 4.98 Å². The normalized spacial score (nSPS) is 19.9. The van der Waals surface area contributed by atoms with Crippen molar-refractivity contribution in [2.45, 2.75) is 6.04 Å². The van der Waals surface area contributed by atoms with Gasteiger partial charge in [0.1, 0.15) is 10.8 Å². The van der Waals surface area contributed by atoms with Gasteiger partial charge in [0.05, 0.1) is 23.6 Å². The fourth-order valence-electron chi connectivity index (χ4n) is 1.82. The Kier molecular flexibility index (Phi) is 3.58. The molecule has 94 valence electrons. The van der Waals surface area contributed by atoms with Crippen LogP contribution in [0.4, 0.5) is 4.39 Å². The van der Waals surface area contributed by atoms with Crippen LogP contribution < -0.4 is 5.32 Å². The van der Waals surface area contributed by atoms with Crippen LogP contribution in [0, 0.1) is 5.82 Å². The molecule has 3 rings (SSSR count). The van der Waals surface area contributed by atoms with Crippen molar-refractivity contribution < 1.29 is 4.39 Å². The second kappa shape index (κ2) is 5.34. The molecule has 1 aliphatic rings. The van der Waals surface area contributed by atoms with Gasteiger partial charge in [0.2, 0.25) is 0 Å². The second-order valence-electron chi connectivity index (χ2n) is 4.01. The first-order valence-electron chi connectivity index (χ1n) is 5.71. The van der Waals surface area contributed by atoms with Crippen molar-refractivity contribution in [2.75, 3.05) is 18.1 Å². The van der Waals surface area contributed by atoms with Gasteiger partial charge in [0.25, 0.3) is 0 Å². The summed E-state index contributed by atoms with van der Waals surface area (Å²) in [6, 6.07) is 3.41. The molecule has 0 bridgehead atoms. The zero-order valence-electron chi connectivity index (χ0n) is 9.60. The Bertz CT molecular complexity index is 520.